The molecule has 0 aliphatic heterocycles. The summed E-state index contributed by atoms with van der Waals surface area (Å²) < 4.78 is 13.2. The Morgan fingerprint density at radius 3 is 2.48 bits per heavy atom. The lowest BCUT2D eigenvalue weighted by Crippen LogP contribution is -2.25. The van der Waals surface area contributed by atoms with Gasteiger partial charge in [0.2, 0.25) is 0 Å². The number of carbonyl (C=O) groups excluding carboxylic acids is 2. The minimum absolute atomic E-state index is 0.0425. The molecular formula is C19H14ClFN4O2. The summed E-state index contributed by atoms with van der Waals surface area (Å²) in [6.45, 7) is 0.242. The molecule has 0 bridgehead atoms. The van der Waals surface area contributed by atoms with Crippen molar-refractivity contribution in [2.75, 3.05) is 5.32 Å². The quantitative estimate of drug-likeness (QED) is 0.705. The molecule has 0 saturated carbocycles. The number of hydrogen-bond acceptors (Lipinski definition) is 4. The van der Waals surface area contributed by atoms with Gasteiger partial charge in [-0.2, -0.15) is 0 Å². The molecular weight excluding hydrogens is 371 g/mol. The molecule has 0 unspecified atom stereocenters. The van der Waals surface area contributed by atoms with Gasteiger partial charge in [0.1, 0.15) is 17.2 Å². The van der Waals surface area contributed by atoms with Crippen molar-refractivity contribution in [2.45, 2.75) is 6.54 Å². The molecule has 2 heterocycles. The molecule has 2 aromatic heterocycles. The van der Waals surface area contributed by atoms with E-state index < -0.39 is 17.6 Å². The molecule has 6 nitrogen and oxygen atoms in total. The van der Waals surface area contributed by atoms with Crippen LogP contribution in [-0.2, 0) is 6.54 Å². The highest BCUT2D eigenvalue weighted by molar-refractivity contribution is 6.31. The van der Waals surface area contributed by atoms with E-state index in [1.165, 1.54) is 24.3 Å². The monoisotopic (exact) mass is 384 g/mol. The Hall–Kier alpha value is -3.32. The maximum absolute atomic E-state index is 13.2. The summed E-state index contributed by atoms with van der Waals surface area (Å²) in [6.07, 6.45) is 1.63. The van der Waals surface area contributed by atoms with Crippen LogP contribution < -0.4 is 10.6 Å². The second-order valence-corrected chi connectivity index (χ2v) is 5.90. The smallest absolute Gasteiger partial charge is 0.274 e. The molecule has 0 aliphatic carbocycles. The third-order valence-electron chi connectivity index (χ3n) is 3.55. The third kappa shape index (κ3) is 4.86. The summed E-state index contributed by atoms with van der Waals surface area (Å²) in [5.74, 6) is -1.56. The van der Waals surface area contributed by atoms with Crippen LogP contribution in [-0.4, -0.2) is 21.8 Å². The predicted octanol–water partition coefficient (Wildman–Crippen LogP) is 3.45. The lowest BCUT2D eigenvalue weighted by Gasteiger charge is -2.08. The summed E-state index contributed by atoms with van der Waals surface area (Å²) in [7, 11) is 0. The number of hydrogen-bond donors (Lipinski definition) is 2. The van der Waals surface area contributed by atoms with Gasteiger partial charge in [0.25, 0.3) is 11.8 Å². The highest BCUT2D eigenvalue weighted by atomic mass is 35.5. The van der Waals surface area contributed by atoms with E-state index >= 15 is 0 Å². The number of amides is 2. The van der Waals surface area contributed by atoms with Crippen molar-refractivity contribution in [3.63, 3.8) is 0 Å². The van der Waals surface area contributed by atoms with E-state index in [1.807, 2.05) is 6.07 Å². The van der Waals surface area contributed by atoms with Gasteiger partial charge in [-0.1, -0.05) is 23.7 Å². The Balaban J connectivity index is 1.67. The van der Waals surface area contributed by atoms with Gasteiger partial charge in [-0.15, -0.1) is 0 Å². The zero-order chi connectivity index (χ0) is 19.2. The highest BCUT2D eigenvalue weighted by Crippen LogP contribution is 2.19. The van der Waals surface area contributed by atoms with Crippen LogP contribution in [0.4, 0.5) is 10.1 Å². The number of nitrogens with zero attached hydrogens (tertiary/aromatic N) is 2. The maximum atomic E-state index is 13.2. The molecule has 0 radical (unpaired) electrons. The van der Waals surface area contributed by atoms with Gasteiger partial charge in [0.15, 0.2) is 0 Å². The van der Waals surface area contributed by atoms with E-state index in [4.69, 9.17) is 11.6 Å². The number of carbonyl (C=O) groups is 2. The predicted molar refractivity (Wildman–Crippen MR) is 99.0 cm³/mol. The number of benzene rings is 1. The first-order valence-electron chi connectivity index (χ1n) is 7.94. The Bertz CT molecular complexity index is 982. The maximum Gasteiger partial charge on any atom is 0.274 e. The van der Waals surface area contributed by atoms with E-state index in [0.717, 1.165) is 6.07 Å². The molecule has 0 spiro atoms. The Kier molecular flexibility index (Phi) is 5.73. The van der Waals surface area contributed by atoms with Crippen LogP contribution in [0.15, 0.2) is 60.8 Å². The van der Waals surface area contributed by atoms with Gasteiger partial charge in [-0.25, -0.2) is 9.37 Å². The summed E-state index contributed by atoms with van der Waals surface area (Å²) in [5.41, 5.74) is 1.16. The first-order chi connectivity index (χ1) is 13.0. The van der Waals surface area contributed by atoms with Crippen LogP contribution in [0.5, 0.6) is 0 Å². The number of halogens is 2. The summed E-state index contributed by atoms with van der Waals surface area (Å²) in [4.78, 5) is 32.7. The fourth-order valence-corrected chi connectivity index (χ4v) is 2.40. The molecule has 27 heavy (non-hydrogen) atoms. The number of aromatic nitrogens is 2. The van der Waals surface area contributed by atoms with E-state index in [2.05, 4.69) is 20.6 Å². The molecule has 0 fully saturated rings. The average Bonchev–Trinajstić information content (AvgIpc) is 2.70. The first kappa shape index (κ1) is 18.5. The first-order valence-corrected chi connectivity index (χ1v) is 8.32. The van der Waals surface area contributed by atoms with Crippen LogP contribution in [0.1, 0.15) is 26.7 Å². The minimum atomic E-state index is -0.584. The minimum Gasteiger partial charge on any atom is -0.345 e. The van der Waals surface area contributed by atoms with Gasteiger partial charge in [0.05, 0.1) is 17.3 Å². The van der Waals surface area contributed by atoms with Gasteiger partial charge >= 0.3 is 0 Å². The number of pyridine rings is 2. The van der Waals surface area contributed by atoms with Crippen LogP contribution in [0, 0.1) is 5.82 Å². The Morgan fingerprint density at radius 1 is 1.00 bits per heavy atom. The molecule has 0 saturated heterocycles. The van der Waals surface area contributed by atoms with Crippen molar-refractivity contribution in [1.82, 2.24) is 15.3 Å². The zero-order valence-corrected chi connectivity index (χ0v) is 14.7. The molecule has 3 rings (SSSR count). The second kappa shape index (κ2) is 8.37. The average molecular weight is 385 g/mol. The van der Waals surface area contributed by atoms with E-state index in [0.29, 0.717) is 11.4 Å². The van der Waals surface area contributed by atoms with Crippen LogP contribution in [0.2, 0.25) is 5.02 Å². The van der Waals surface area contributed by atoms with Crippen LogP contribution >= 0.6 is 11.6 Å². The molecule has 0 aliphatic rings. The van der Waals surface area contributed by atoms with Gasteiger partial charge < -0.3 is 10.6 Å². The van der Waals surface area contributed by atoms with E-state index in [-0.39, 0.29) is 23.0 Å². The third-order valence-corrected chi connectivity index (χ3v) is 3.84. The van der Waals surface area contributed by atoms with Gasteiger partial charge in [-0.3, -0.25) is 14.6 Å². The van der Waals surface area contributed by atoms with E-state index in [9.17, 15) is 14.0 Å². The molecule has 136 valence electrons. The number of anilines is 1. The van der Waals surface area contributed by atoms with Crippen molar-refractivity contribution >= 4 is 29.1 Å². The van der Waals surface area contributed by atoms with Crippen LogP contribution in [0.25, 0.3) is 0 Å². The number of rotatable bonds is 5. The highest BCUT2D eigenvalue weighted by Gasteiger charge is 2.13. The van der Waals surface area contributed by atoms with E-state index in [1.54, 1.807) is 24.4 Å². The summed E-state index contributed by atoms with van der Waals surface area (Å²) >= 11 is 5.70. The van der Waals surface area contributed by atoms with Gasteiger partial charge in [0, 0.05) is 11.9 Å². The van der Waals surface area contributed by atoms with Crippen molar-refractivity contribution in [2.24, 2.45) is 0 Å². The SMILES string of the molecule is O=C(NCc1ccccn1)c1cccc(C(=O)Nc2ccc(F)c(Cl)c2)n1. The van der Waals surface area contributed by atoms with Crippen LogP contribution in [0.3, 0.4) is 0 Å². The van der Waals surface area contributed by atoms with Crippen molar-refractivity contribution in [3.8, 4) is 0 Å². The van der Waals surface area contributed by atoms with Crippen molar-refractivity contribution in [1.29, 1.82) is 0 Å². The van der Waals surface area contributed by atoms with Crippen molar-refractivity contribution in [3.05, 3.63) is 88.7 Å². The Morgan fingerprint density at radius 2 is 1.78 bits per heavy atom. The summed E-state index contributed by atoms with van der Waals surface area (Å²) in [5, 5.41) is 5.14. The lowest BCUT2D eigenvalue weighted by molar-refractivity contribution is 0.0945. The summed E-state index contributed by atoms with van der Waals surface area (Å²) in [6, 6.07) is 13.7. The molecule has 2 amide bonds. The molecule has 2 N–H and O–H groups in total. The number of nitrogens with one attached hydrogen (secondary N) is 2. The van der Waals surface area contributed by atoms with Crippen molar-refractivity contribution < 1.29 is 14.0 Å². The molecule has 8 heteroatoms. The lowest BCUT2D eigenvalue weighted by atomic mass is 10.2. The topological polar surface area (TPSA) is 84.0 Å². The van der Waals surface area contributed by atoms with Gasteiger partial charge in [-0.05, 0) is 42.5 Å². The molecule has 0 atom stereocenters. The normalized spacial score (nSPS) is 10.3. The fraction of sp³-hybridized carbons (Fsp3) is 0.0526. The Labute approximate surface area is 159 Å². The largest absolute Gasteiger partial charge is 0.345 e. The fourth-order valence-electron chi connectivity index (χ4n) is 2.22. The molecule has 3 aromatic rings. The second-order valence-electron chi connectivity index (χ2n) is 5.49. The standard InChI is InChI=1S/C19H14ClFN4O2/c20-14-10-12(7-8-15(14)21)24-19(27)17-6-3-5-16(25-17)18(26)23-11-13-4-1-2-9-22-13/h1-10H,11H2,(H,23,26)(H,24,27). The molecule has 1 aromatic carbocycles. The zero-order valence-electron chi connectivity index (χ0n) is 13.9.